The van der Waals surface area contributed by atoms with Crippen molar-refractivity contribution in [3.8, 4) is 0 Å². The third-order valence-corrected chi connectivity index (χ3v) is 3.05. The van der Waals surface area contributed by atoms with Gasteiger partial charge in [-0.3, -0.25) is 9.59 Å². The van der Waals surface area contributed by atoms with Crippen LogP contribution in [0.5, 0.6) is 0 Å². The van der Waals surface area contributed by atoms with Gasteiger partial charge in [0.1, 0.15) is 0 Å². The van der Waals surface area contributed by atoms with Gasteiger partial charge in [0.05, 0.1) is 13.2 Å². The van der Waals surface area contributed by atoms with Crippen molar-refractivity contribution in [3.63, 3.8) is 0 Å². The number of carboxylic acid groups (broad SMARTS) is 1. The molecule has 0 saturated carbocycles. The van der Waals surface area contributed by atoms with Crippen LogP contribution in [0.3, 0.4) is 0 Å². The van der Waals surface area contributed by atoms with Crippen LogP contribution in [0, 0.1) is 0 Å². The van der Waals surface area contributed by atoms with Crippen molar-refractivity contribution in [2.75, 3.05) is 19.8 Å². The summed E-state index contributed by atoms with van der Waals surface area (Å²) in [5.74, 6) is -5.23. The summed E-state index contributed by atoms with van der Waals surface area (Å²) in [5, 5.41) is 55.7. The SMILES string of the molecule is NCCCCC(O)(C(=O)O)N(C(=O)C(O)CO)C(=O)C(O)CO. The van der Waals surface area contributed by atoms with Gasteiger partial charge in [-0.05, 0) is 19.4 Å². The molecule has 0 aliphatic rings. The smallest absolute Gasteiger partial charge is 0.357 e. The number of carbonyl (C=O) groups excluding carboxylic acids is 2. The fourth-order valence-corrected chi connectivity index (χ4v) is 1.76. The Kier molecular flexibility index (Phi) is 8.82. The molecule has 0 aliphatic heterocycles. The van der Waals surface area contributed by atoms with Gasteiger partial charge in [0.15, 0.2) is 12.2 Å². The summed E-state index contributed by atoms with van der Waals surface area (Å²) in [6, 6.07) is 0. The number of hydrogen-bond acceptors (Lipinski definition) is 9. The standard InChI is InChI=1S/C12H22N2O9/c13-4-2-1-3-12(23,11(21)22)14(9(19)7(17)5-15)10(20)8(18)6-16/h7-8,15-18,23H,1-6,13H2,(H,21,22). The van der Waals surface area contributed by atoms with Crippen molar-refractivity contribution in [2.45, 2.75) is 37.2 Å². The lowest BCUT2D eigenvalue weighted by atomic mass is 10.0. The number of nitrogens with zero attached hydrogens (tertiary/aromatic N) is 1. The molecule has 0 aromatic heterocycles. The van der Waals surface area contributed by atoms with Crippen LogP contribution in [0.4, 0.5) is 0 Å². The molecule has 0 bridgehead atoms. The van der Waals surface area contributed by atoms with Crippen LogP contribution in [0.25, 0.3) is 0 Å². The van der Waals surface area contributed by atoms with E-state index in [1.807, 2.05) is 0 Å². The summed E-state index contributed by atoms with van der Waals surface area (Å²) in [6.45, 7) is -2.12. The number of nitrogens with two attached hydrogens (primary N) is 1. The minimum Gasteiger partial charge on any atom is -0.478 e. The molecule has 0 aromatic carbocycles. The molecule has 0 rings (SSSR count). The number of amides is 2. The molecule has 0 fully saturated rings. The first-order valence-electron chi connectivity index (χ1n) is 6.78. The van der Waals surface area contributed by atoms with Crippen LogP contribution in [0.1, 0.15) is 19.3 Å². The van der Waals surface area contributed by atoms with Crippen molar-refractivity contribution in [3.05, 3.63) is 0 Å². The second-order valence-electron chi connectivity index (χ2n) is 4.78. The van der Waals surface area contributed by atoms with Gasteiger partial charge in [-0.1, -0.05) is 0 Å². The van der Waals surface area contributed by atoms with E-state index >= 15 is 0 Å². The second kappa shape index (κ2) is 9.50. The van der Waals surface area contributed by atoms with Gasteiger partial charge in [0.2, 0.25) is 5.72 Å². The molecule has 0 spiro atoms. The van der Waals surface area contributed by atoms with E-state index in [2.05, 4.69) is 0 Å². The lowest BCUT2D eigenvalue weighted by molar-refractivity contribution is -0.201. The van der Waals surface area contributed by atoms with Crippen LogP contribution in [0.2, 0.25) is 0 Å². The highest BCUT2D eigenvalue weighted by molar-refractivity contribution is 6.03. The normalized spacial score (nSPS) is 16.3. The van der Waals surface area contributed by atoms with Crippen LogP contribution in [-0.2, 0) is 14.4 Å². The van der Waals surface area contributed by atoms with E-state index in [-0.39, 0.29) is 24.3 Å². The lowest BCUT2D eigenvalue weighted by Gasteiger charge is -2.36. The Morgan fingerprint density at radius 3 is 1.74 bits per heavy atom. The molecule has 11 heteroatoms. The number of carbonyl (C=O) groups is 3. The van der Waals surface area contributed by atoms with E-state index in [0.717, 1.165) is 0 Å². The number of imide groups is 1. The number of aliphatic carboxylic acids is 1. The number of carboxylic acids is 1. The van der Waals surface area contributed by atoms with Crippen molar-refractivity contribution in [1.29, 1.82) is 0 Å². The molecule has 3 unspecified atom stereocenters. The molecule has 0 aromatic rings. The van der Waals surface area contributed by atoms with Gasteiger partial charge in [-0.15, -0.1) is 0 Å². The molecule has 0 radical (unpaired) electrons. The first-order chi connectivity index (χ1) is 10.7. The average molecular weight is 338 g/mol. The Labute approximate surface area is 131 Å². The third-order valence-electron chi connectivity index (χ3n) is 3.05. The van der Waals surface area contributed by atoms with Gasteiger partial charge in [-0.2, -0.15) is 0 Å². The fraction of sp³-hybridized carbons (Fsp3) is 0.750. The van der Waals surface area contributed by atoms with E-state index < -0.39 is 55.4 Å². The maximum atomic E-state index is 12.0. The molecule has 134 valence electrons. The fourth-order valence-electron chi connectivity index (χ4n) is 1.76. The minimum atomic E-state index is -3.07. The van der Waals surface area contributed by atoms with Crippen LogP contribution >= 0.6 is 0 Å². The predicted molar refractivity (Wildman–Crippen MR) is 73.5 cm³/mol. The highest BCUT2D eigenvalue weighted by Gasteiger charge is 2.50. The van der Waals surface area contributed by atoms with E-state index in [9.17, 15) is 34.8 Å². The van der Waals surface area contributed by atoms with Gasteiger partial charge in [-0.25, -0.2) is 9.69 Å². The Hall–Kier alpha value is -1.63. The molecule has 11 nitrogen and oxygen atoms in total. The largest absolute Gasteiger partial charge is 0.478 e. The zero-order valence-electron chi connectivity index (χ0n) is 12.3. The van der Waals surface area contributed by atoms with Crippen LogP contribution < -0.4 is 5.73 Å². The Morgan fingerprint density at radius 1 is 1.00 bits per heavy atom. The lowest BCUT2D eigenvalue weighted by Crippen LogP contribution is -2.64. The van der Waals surface area contributed by atoms with Crippen molar-refractivity contribution < 1.29 is 45.0 Å². The number of hydrogen-bond donors (Lipinski definition) is 7. The Morgan fingerprint density at radius 2 is 1.43 bits per heavy atom. The van der Waals surface area contributed by atoms with Crippen molar-refractivity contribution in [1.82, 2.24) is 4.90 Å². The number of aliphatic hydroxyl groups excluding tert-OH is 4. The van der Waals surface area contributed by atoms with Gasteiger partial charge >= 0.3 is 5.97 Å². The van der Waals surface area contributed by atoms with Crippen LogP contribution in [-0.4, -0.2) is 91.0 Å². The first kappa shape index (κ1) is 21.4. The topological polar surface area (TPSA) is 202 Å². The van der Waals surface area contributed by atoms with E-state index in [1.165, 1.54) is 0 Å². The molecule has 2 amide bonds. The van der Waals surface area contributed by atoms with E-state index in [1.54, 1.807) is 0 Å². The second-order valence-corrected chi connectivity index (χ2v) is 4.78. The number of aliphatic hydroxyl groups is 5. The maximum Gasteiger partial charge on any atom is 0.357 e. The van der Waals surface area contributed by atoms with Gasteiger partial charge < -0.3 is 36.4 Å². The van der Waals surface area contributed by atoms with Gasteiger partial charge in [0, 0.05) is 6.42 Å². The minimum absolute atomic E-state index is 0.0147. The Bertz CT molecular complexity index is 409. The summed E-state index contributed by atoms with van der Waals surface area (Å²) in [5.41, 5.74) is 2.17. The summed E-state index contributed by atoms with van der Waals surface area (Å²) in [7, 11) is 0. The molecule has 3 atom stereocenters. The monoisotopic (exact) mass is 338 g/mol. The molecule has 8 N–H and O–H groups in total. The highest BCUT2D eigenvalue weighted by Crippen LogP contribution is 2.23. The highest BCUT2D eigenvalue weighted by atomic mass is 16.4. The molecule has 0 aliphatic carbocycles. The molecule has 23 heavy (non-hydrogen) atoms. The van der Waals surface area contributed by atoms with Crippen molar-refractivity contribution in [2.24, 2.45) is 5.73 Å². The average Bonchev–Trinajstić information content (AvgIpc) is 2.53. The zero-order valence-corrected chi connectivity index (χ0v) is 12.3. The summed E-state index contributed by atoms with van der Waals surface area (Å²) < 4.78 is 0. The van der Waals surface area contributed by atoms with E-state index in [0.29, 0.717) is 0 Å². The number of rotatable bonds is 10. The quantitative estimate of drug-likeness (QED) is 0.152. The predicted octanol–water partition coefficient (Wildman–Crippen LogP) is -4.05. The summed E-state index contributed by atoms with van der Waals surface area (Å²) >= 11 is 0. The van der Waals surface area contributed by atoms with Crippen molar-refractivity contribution >= 4 is 17.8 Å². The number of unbranched alkanes of at least 4 members (excludes halogenated alkanes) is 1. The van der Waals surface area contributed by atoms with Crippen LogP contribution in [0.15, 0.2) is 0 Å². The summed E-state index contributed by atoms with van der Waals surface area (Å²) in [4.78, 5) is 35.1. The van der Waals surface area contributed by atoms with Gasteiger partial charge in [0.25, 0.3) is 11.8 Å². The molecule has 0 heterocycles. The third kappa shape index (κ3) is 5.20. The molecule has 0 saturated heterocycles. The molecular weight excluding hydrogens is 316 g/mol. The van der Waals surface area contributed by atoms with E-state index in [4.69, 9.17) is 15.9 Å². The zero-order chi connectivity index (χ0) is 18.2. The first-order valence-corrected chi connectivity index (χ1v) is 6.78. The summed E-state index contributed by atoms with van der Waals surface area (Å²) in [6.07, 6.45) is -4.71. The molecular formula is C12H22N2O9. The maximum absolute atomic E-state index is 12.0. The Balaban J connectivity index is 5.78.